The van der Waals surface area contributed by atoms with E-state index in [2.05, 4.69) is 33.8 Å². The molecular weight excluding hydrogens is 236 g/mol. The van der Waals surface area contributed by atoms with Crippen molar-refractivity contribution in [1.82, 2.24) is 9.55 Å². The van der Waals surface area contributed by atoms with Crippen LogP contribution in [-0.4, -0.2) is 9.55 Å². The molecule has 0 amide bonds. The standard InChI is InChI=1S/C16H14N2O/c1-4-12(10-13(5-1)15-6-3-9-19-15)14-11-17-16-7-2-8-18(14)16/h1,3-6,9-11H,2,7-8H2. The molecule has 0 unspecified atom stereocenters. The lowest BCUT2D eigenvalue weighted by molar-refractivity contribution is 0.582. The van der Waals surface area contributed by atoms with E-state index in [1.807, 2.05) is 18.3 Å². The summed E-state index contributed by atoms with van der Waals surface area (Å²) in [6.07, 6.45) is 5.99. The van der Waals surface area contributed by atoms with E-state index in [0.29, 0.717) is 0 Å². The summed E-state index contributed by atoms with van der Waals surface area (Å²) in [4.78, 5) is 4.51. The van der Waals surface area contributed by atoms with E-state index in [0.717, 1.165) is 24.3 Å². The highest BCUT2D eigenvalue weighted by molar-refractivity contribution is 5.69. The van der Waals surface area contributed by atoms with Gasteiger partial charge in [0.25, 0.3) is 0 Å². The molecule has 0 bridgehead atoms. The zero-order valence-corrected chi connectivity index (χ0v) is 10.5. The molecule has 3 heterocycles. The Morgan fingerprint density at radius 1 is 1.11 bits per heavy atom. The van der Waals surface area contributed by atoms with Gasteiger partial charge in [-0.2, -0.15) is 0 Å². The largest absolute Gasteiger partial charge is 0.464 e. The molecular formula is C16H14N2O. The van der Waals surface area contributed by atoms with Crippen molar-refractivity contribution in [3.05, 3.63) is 54.7 Å². The van der Waals surface area contributed by atoms with Gasteiger partial charge in [0.15, 0.2) is 0 Å². The Labute approximate surface area is 111 Å². The van der Waals surface area contributed by atoms with Crippen LogP contribution in [0.3, 0.4) is 0 Å². The van der Waals surface area contributed by atoms with Crippen molar-refractivity contribution in [2.24, 2.45) is 0 Å². The van der Waals surface area contributed by atoms with Crippen molar-refractivity contribution < 1.29 is 4.42 Å². The molecule has 1 aliphatic heterocycles. The molecule has 0 saturated carbocycles. The molecule has 3 heteroatoms. The highest BCUT2D eigenvalue weighted by Crippen LogP contribution is 2.29. The number of nitrogens with zero attached hydrogens (tertiary/aromatic N) is 2. The predicted molar refractivity (Wildman–Crippen MR) is 73.7 cm³/mol. The van der Waals surface area contributed by atoms with Gasteiger partial charge in [0.1, 0.15) is 11.6 Å². The van der Waals surface area contributed by atoms with Gasteiger partial charge in [-0.05, 0) is 24.6 Å². The number of furan rings is 1. The minimum atomic E-state index is 0.906. The molecule has 0 atom stereocenters. The second-order valence-electron chi connectivity index (χ2n) is 4.87. The number of rotatable bonds is 2. The Bertz CT molecular complexity index is 710. The second kappa shape index (κ2) is 4.12. The van der Waals surface area contributed by atoms with E-state index in [9.17, 15) is 0 Å². The Kier molecular flexibility index (Phi) is 2.30. The molecule has 4 rings (SSSR count). The number of aryl methyl sites for hydroxylation is 1. The first-order valence-electron chi connectivity index (χ1n) is 6.60. The number of hydrogen-bond acceptors (Lipinski definition) is 2. The van der Waals surface area contributed by atoms with Crippen molar-refractivity contribution in [2.45, 2.75) is 19.4 Å². The second-order valence-corrected chi connectivity index (χ2v) is 4.87. The molecule has 3 aromatic rings. The van der Waals surface area contributed by atoms with E-state index in [4.69, 9.17) is 4.42 Å². The fourth-order valence-corrected chi connectivity index (χ4v) is 2.76. The van der Waals surface area contributed by atoms with Gasteiger partial charge in [-0.3, -0.25) is 0 Å². The monoisotopic (exact) mass is 250 g/mol. The number of imidazole rings is 1. The normalized spacial score (nSPS) is 13.7. The number of aromatic nitrogens is 2. The van der Waals surface area contributed by atoms with Crippen LogP contribution in [-0.2, 0) is 13.0 Å². The van der Waals surface area contributed by atoms with Crippen molar-refractivity contribution >= 4 is 0 Å². The van der Waals surface area contributed by atoms with E-state index < -0.39 is 0 Å². The van der Waals surface area contributed by atoms with Gasteiger partial charge >= 0.3 is 0 Å². The Morgan fingerprint density at radius 2 is 2.05 bits per heavy atom. The smallest absolute Gasteiger partial charge is 0.133 e. The maximum atomic E-state index is 5.46. The van der Waals surface area contributed by atoms with E-state index >= 15 is 0 Å². The maximum absolute atomic E-state index is 5.46. The average molecular weight is 250 g/mol. The van der Waals surface area contributed by atoms with E-state index in [1.165, 1.54) is 23.5 Å². The molecule has 1 aliphatic rings. The summed E-state index contributed by atoms with van der Waals surface area (Å²) in [5.74, 6) is 2.11. The number of fused-ring (bicyclic) bond motifs is 1. The SMILES string of the molecule is c1cc(-c2ccco2)cc(-c2cnc3n2CCC3)c1. The Morgan fingerprint density at radius 3 is 2.95 bits per heavy atom. The lowest BCUT2D eigenvalue weighted by Gasteiger charge is -2.06. The van der Waals surface area contributed by atoms with Gasteiger partial charge in [0.2, 0.25) is 0 Å². The van der Waals surface area contributed by atoms with E-state index in [-0.39, 0.29) is 0 Å². The first-order chi connectivity index (χ1) is 9.42. The van der Waals surface area contributed by atoms with Crippen molar-refractivity contribution in [3.8, 4) is 22.6 Å². The lowest BCUT2D eigenvalue weighted by Crippen LogP contribution is -1.95. The molecule has 1 aromatic carbocycles. The van der Waals surface area contributed by atoms with E-state index in [1.54, 1.807) is 6.26 Å². The van der Waals surface area contributed by atoms with Gasteiger partial charge in [-0.15, -0.1) is 0 Å². The third kappa shape index (κ3) is 1.70. The summed E-state index contributed by atoms with van der Waals surface area (Å²) in [5.41, 5.74) is 3.52. The van der Waals surface area contributed by atoms with Crippen molar-refractivity contribution in [1.29, 1.82) is 0 Å². The predicted octanol–water partition coefficient (Wildman–Crippen LogP) is 3.76. The van der Waals surface area contributed by atoms with Gasteiger partial charge in [0.05, 0.1) is 18.2 Å². The summed E-state index contributed by atoms with van der Waals surface area (Å²) >= 11 is 0. The first-order valence-corrected chi connectivity index (χ1v) is 6.60. The summed E-state index contributed by atoms with van der Waals surface area (Å²) in [6.45, 7) is 1.08. The molecule has 0 radical (unpaired) electrons. The van der Waals surface area contributed by atoms with Crippen LogP contribution < -0.4 is 0 Å². The fraction of sp³-hybridized carbons (Fsp3) is 0.188. The van der Waals surface area contributed by atoms with Crippen LogP contribution >= 0.6 is 0 Å². The summed E-state index contributed by atoms with van der Waals surface area (Å²) in [7, 11) is 0. The topological polar surface area (TPSA) is 31.0 Å². The van der Waals surface area contributed by atoms with Gasteiger partial charge in [0, 0.05) is 24.1 Å². The van der Waals surface area contributed by atoms with Crippen LogP contribution in [0.4, 0.5) is 0 Å². The molecule has 2 aromatic heterocycles. The van der Waals surface area contributed by atoms with Crippen molar-refractivity contribution in [3.63, 3.8) is 0 Å². The lowest BCUT2D eigenvalue weighted by atomic mass is 10.1. The molecule has 0 fully saturated rings. The summed E-state index contributed by atoms with van der Waals surface area (Å²) in [6, 6.07) is 12.3. The number of hydrogen-bond donors (Lipinski definition) is 0. The molecule has 19 heavy (non-hydrogen) atoms. The van der Waals surface area contributed by atoms with Crippen LogP contribution in [0.25, 0.3) is 22.6 Å². The first kappa shape index (κ1) is 10.6. The van der Waals surface area contributed by atoms with Gasteiger partial charge in [-0.1, -0.05) is 18.2 Å². The fourth-order valence-electron chi connectivity index (χ4n) is 2.76. The molecule has 0 aliphatic carbocycles. The highest BCUT2D eigenvalue weighted by Gasteiger charge is 2.16. The maximum Gasteiger partial charge on any atom is 0.133 e. The molecule has 0 spiro atoms. The minimum absolute atomic E-state index is 0.906. The van der Waals surface area contributed by atoms with Crippen LogP contribution in [0.5, 0.6) is 0 Å². The van der Waals surface area contributed by atoms with Gasteiger partial charge < -0.3 is 8.98 Å². The quantitative estimate of drug-likeness (QED) is 0.693. The van der Waals surface area contributed by atoms with Crippen LogP contribution in [0.2, 0.25) is 0 Å². The third-order valence-electron chi connectivity index (χ3n) is 3.68. The van der Waals surface area contributed by atoms with Gasteiger partial charge in [-0.25, -0.2) is 4.98 Å². The van der Waals surface area contributed by atoms with Crippen LogP contribution in [0, 0.1) is 0 Å². The number of benzene rings is 1. The Balaban J connectivity index is 1.81. The average Bonchev–Trinajstić information content (AvgIpc) is 3.16. The van der Waals surface area contributed by atoms with Crippen LogP contribution in [0.15, 0.2) is 53.3 Å². The third-order valence-corrected chi connectivity index (χ3v) is 3.68. The van der Waals surface area contributed by atoms with Crippen molar-refractivity contribution in [2.75, 3.05) is 0 Å². The van der Waals surface area contributed by atoms with Crippen LogP contribution in [0.1, 0.15) is 12.2 Å². The molecule has 0 N–H and O–H groups in total. The molecule has 0 saturated heterocycles. The molecule has 94 valence electrons. The zero-order chi connectivity index (χ0) is 12.7. The molecule has 3 nitrogen and oxygen atoms in total. The Hall–Kier alpha value is -2.29. The summed E-state index contributed by atoms with van der Waals surface area (Å²) < 4.78 is 7.78. The highest BCUT2D eigenvalue weighted by atomic mass is 16.3. The zero-order valence-electron chi connectivity index (χ0n) is 10.5. The summed E-state index contributed by atoms with van der Waals surface area (Å²) in [5, 5.41) is 0. The minimum Gasteiger partial charge on any atom is -0.464 e.